The number of rotatable bonds is 7. The van der Waals surface area contributed by atoms with Crippen LogP contribution in [0.25, 0.3) is 0 Å². The minimum atomic E-state index is -0.257. The lowest BCUT2D eigenvalue weighted by atomic mass is 10.2. The van der Waals surface area contributed by atoms with Crippen molar-refractivity contribution >= 4 is 11.9 Å². The number of ether oxygens (including phenoxy) is 1. The fourth-order valence-electron chi connectivity index (χ4n) is 2.24. The summed E-state index contributed by atoms with van der Waals surface area (Å²) in [5.74, 6) is 1.66. The number of aromatic nitrogens is 2. The van der Waals surface area contributed by atoms with Crippen molar-refractivity contribution in [2.75, 3.05) is 12.4 Å². The normalized spacial score (nSPS) is 10.3. The highest BCUT2D eigenvalue weighted by Crippen LogP contribution is 2.17. The maximum absolute atomic E-state index is 12.0. The molecule has 0 aliphatic rings. The Hall–Kier alpha value is -3.35. The summed E-state index contributed by atoms with van der Waals surface area (Å²) < 4.78 is 10.5. The Kier molecular flexibility index (Phi) is 5.26. The van der Waals surface area contributed by atoms with E-state index in [1.807, 2.05) is 24.3 Å². The summed E-state index contributed by atoms with van der Waals surface area (Å²) >= 11 is 0. The maximum Gasteiger partial charge on any atom is 0.254 e. The molecule has 0 radical (unpaired) electrons. The van der Waals surface area contributed by atoms with Crippen molar-refractivity contribution in [3.05, 3.63) is 71.9 Å². The molecule has 0 saturated heterocycles. The fraction of sp³-hybridized carbons (Fsp3) is 0.167. The van der Waals surface area contributed by atoms with Gasteiger partial charge in [0.2, 0.25) is 5.95 Å². The van der Waals surface area contributed by atoms with Crippen molar-refractivity contribution in [3.63, 3.8) is 0 Å². The number of carbonyl (C=O) groups is 1. The third-order valence-corrected chi connectivity index (χ3v) is 3.55. The third-order valence-electron chi connectivity index (χ3n) is 3.55. The summed E-state index contributed by atoms with van der Waals surface area (Å²) in [6.45, 7) is 0.841. The van der Waals surface area contributed by atoms with Crippen LogP contribution < -0.4 is 15.4 Å². The predicted octanol–water partition coefficient (Wildman–Crippen LogP) is 2.62. The van der Waals surface area contributed by atoms with Crippen molar-refractivity contribution in [2.45, 2.75) is 13.1 Å². The van der Waals surface area contributed by atoms with Crippen LogP contribution in [-0.2, 0) is 13.1 Å². The molecule has 0 unspecified atom stereocenters. The molecule has 1 amide bonds. The fourth-order valence-corrected chi connectivity index (χ4v) is 2.24. The first-order valence-corrected chi connectivity index (χ1v) is 7.74. The van der Waals surface area contributed by atoms with Gasteiger partial charge in [0.15, 0.2) is 0 Å². The van der Waals surface area contributed by atoms with E-state index >= 15 is 0 Å². The van der Waals surface area contributed by atoms with Gasteiger partial charge in [0, 0.05) is 24.5 Å². The summed E-state index contributed by atoms with van der Waals surface area (Å²) in [7, 11) is 1.63. The lowest BCUT2D eigenvalue weighted by Crippen LogP contribution is -2.23. The quantitative estimate of drug-likeness (QED) is 0.688. The Morgan fingerprint density at radius 3 is 2.64 bits per heavy atom. The molecule has 0 bridgehead atoms. The monoisotopic (exact) mass is 338 g/mol. The average Bonchev–Trinajstić information content (AvgIpc) is 3.18. The number of anilines is 1. The number of hydrogen-bond acceptors (Lipinski definition) is 6. The summed E-state index contributed by atoms with van der Waals surface area (Å²) in [4.78, 5) is 20.4. The molecule has 3 aromatic rings. The van der Waals surface area contributed by atoms with Crippen molar-refractivity contribution in [2.24, 2.45) is 0 Å². The van der Waals surface area contributed by atoms with Gasteiger partial charge in [0.1, 0.15) is 11.5 Å². The molecule has 0 aliphatic heterocycles. The van der Waals surface area contributed by atoms with Gasteiger partial charge in [-0.1, -0.05) is 18.2 Å². The molecule has 0 aliphatic carbocycles. The van der Waals surface area contributed by atoms with E-state index in [9.17, 15) is 4.79 Å². The van der Waals surface area contributed by atoms with Crippen LogP contribution in [0.2, 0.25) is 0 Å². The second-order valence-corrected chi connectivity index (χ2v) is 5.22. The van der Waals surface area contributed by atoms with E-state index < -0.39 is 0 Å². The largest absolute Gasteiger partial charge is 0.496 e. The zero-order valence-corrected chi connectivity index (χ0v) is 13.7. The highest BCUT2D eigenvalue weighted by atomic mass is 16.5. The van der Waals surface area contributed by atoms with E-state index in [0.29, 0.717) is 30.4 Å². The van der Waals surface area contributed by atoms with E-state index in [1.54, 1.807) is 25.5 Å². The highest BCUT2D eigenvalue weighted by Gasteiger charge is 2.08. The molecule has 0 fully saturated rings. The molecule has 1 aromatic carbocycles. The van der Waals surface area contributed by atoms with E-state index in [-0.39, 0.29) is 5.91 Å². The van der Waals surface area contributed by atoms with Crippen LogP contribution in [0, 0.1) is 0 Å². The molecule has 128 valence electrons. The van der Waals surface area contributed by atoms with Gasteiger partial charge in [-0.3, -0.25) is 4.79 Å². The standard InChI is InChI=1S/C18H18N4O3/c1-24-16-7-3-2-5-13(16)9-20-18-21-10-14(11-22-18)17(23)19-12-15-6-4-8-25-15/h2-8,10-11H,9,12H2,1H3,(H,19,23)(H,20,21,22). The van der Waals surface area contributed by atoms with Gasteiger partial charge < -0.3 is 19.8 Å². The van der Waals surface area contributed by atoms with Gasteiger partial charge in [0.25, 0.3) is 5.91 Å². The first-order valence-electron chi connectivity index (χ1n) is 7.74. The molecule has 2 aromatic heterocycles. The Morgan fingerprint density at radius 1 is 1.12 bits per heavy atom. The summed E-state index contributed by atoms with van der Waals surface area (Å²) in [6, 6.07) is 11.3. The number of methoxy groups -OCH3 is 1. The second kappa shape index (κ2) is 7.96. The number of para-hydroxylation sites is 1. The van der Waals surface area contributed by atoms with Gasteiger partial charge in [0.05, 0.1) is 25.5 Å². The number of amides is 1. The smallest absolute Gasteiger partial charge is 0.254 e. The van der Waals surface area contributed by atoms with Crippen LogP contribution in [0.15, 0.2) is 59.5 Å². The highest BCUT2D eigenvalue weighted by molar-refractivity contribution is 5.93. The van der Waals surface area contributed by atoms with Crippen LogP contribution in [0.5, 0.6) is 5.75 Å². The van der Waals surface area contributed by atoms with Gasteiger partial charge in [-0.05, 0) is 18.2 Å². The lowest BCUT2D eigenvalue weighted by molar-refractivity contribution is 0.0947. The SMILES string of the molecule is COc1ccccc1CNc1ncc(C(=O)NCc2ccco2)cn1. The Balaban J connectivity index is 1.55. The average molecular weight is 338 g/mol. The molecule has 0 saturated carbocycles. The first-order chi connectivity index (χ1) is 12.3. The molecular formula is C18H18N4O3. The van der Waals surface area contributed by atoms with Crippen LogP contribution in [0.4, 0.5) is 5.95 Å². The molecule has 7 heteroatoms. The zero-order chi connectivity index (χ0) is 17.5. The minimum Gasteiger partial charge on any atom is -0.496 e. The van der Waals surface area contributed by atoms with E-state index in [1.165, 1.54) is 12.4 Å². The third kappa shape index (κ3) is 4.35. The molecule has 3 rings (SSSR count). The van der Waals surface area contributed by atoms with Gasteiger partial charge >= 0.3 is 0 Å². The summed E-state index contributed by atoms with van der Waals surface area (Å²) in [5, 5.41) is 5.85. The number of benzene rings is 1. The van der Waals surface area contributed by atoms with Crippen LogP contribution in [0.3, 0.4) is 0 Å². The van der Waals surface area contributed by atoms with Crippen LogP contribution >= 0.6 is 0 Å². The van der Waals surface area contributed by atoms with Crippen LogP contribution in [-0.4, -0.2) is 23.0 Å². The van der Waals surface area contributed by atoms with Crippen molar-refractivity contribution in [3.8, 4) is 5.75 Å². The lowest BCUT2D eigenvalue weighted by Gasteiger charge is -2.09. The van der Waals surface area contributed by atoms with Crippen molar-refractivity contribution in [1.82, 2.24) is 15.3 Å². The van der Waals surface area contributed by atoms with Gasteiger partial charge in [-0.25, -0.2) is 9.97 Å². The Labute approximate surface area is 145 Å². The first kappa shape index (κ1) is 16.5. The molecule has 25 heavy (non-hydrogen) atoms. The van der Waals surface area contributed by atoms with Gasteiger partial charge in [-0.15, -0.1) is 0 Å². The Morgan fingerprint density at radius 2 is 1.92 bits per heavy atom. The predicted molar refractivity (Wildman–Crippen MR) is 92.2 cm³/mol. The maximum atomic E-state index is 12.0. The summed E-state index contributed by atoms with van der Waals surface area (Å²) in [5.41, 5.74) is 1.38. The molecule has 2 heterocycles. The molecule has 0 atom stereocenters. The van der Waals surface area contributed by atoms with Crippen molar-refractivity contribution in [1.29, 1.82) is 0 Å². The van der Waals surface area contributed by atoms with E-state index in [0.717, 1.165) is 11.3 Å². The number of hydrogen-bond donors (Lipinski definition) is 2. The number of furan rings is 1. The van der Waals surface area contributed by atoms with Crippen molar-refractivity contribution < 1.29 is 13.9 Å². The second-order valence-electron chi connectivity index (χ2n) is 5.22. The summed E-state index contributed by atoms with van der Waals surface area (Å²) in [6.07, 6.45) is 4.52. The van der Waals surface area contributed by atoms with E-state index in [2.05, 4.69) is 20.6 Å². The zero-order valence-electron chi connectivity index (χ0n) is 13.7. The van der Waals surface area contributed by atoms with Crippen LogP contribution in [0.1, 0.15) is 21.7 Å². The minimum absolute atomic E-state index is 0.257. The molecule has 2 N–H and O–H groups in total. The number of nitrogens with one attached hydrogen (secondary N) is 2. The molecule has 0 spiro atoms. The molecule has 7 nitrogen and oxygen atoms in total. The van der Waals surface area contributed by atoms with Gasteiger partial charge in [-0.2, -0.15) is 0 Å². The number of carbonyl (C=O) groups excluding carboxylic acids is 1. The Bertz CT molecular complexity index is 817. The number of nitrogens with zero attached hydrogens (tertiary/aromatic N) is 2. The molecular weight excluding hydrogens is 320 g/mol. The van der Waals surface area contributed by atoms with E-state index in [4.69, 9.17) is 9.15 Å². The topological polar surface area (TPSA) is 89.3 Å².